The summed E-state index contributed by atoms with van der Waals surface area (Å²) in [6, 6.07) is 15.4. The molecule has 0 unspecified atom stereocenters. The Kier molecular flexibility index (Phi) is 8.25. The van der Waals surface area contributed by atoms with E-state index in [-0.39, 0.29) is 11.3 Å². The van der Waals surface area contributed by atoms with Gasteiger partial charge in [-0.15, -0.1) is 11.3 Å². The number of hydrogen-bond acceptors (Lipinski definition) is 5. The van der Waals surface area contributed by atoms with Gasteiger partial charge in [-0.25, -0.2) is 4.39 Å². The van der Waals surface area contributed by atoms with E-state index in [1.807, 2.05) is 17.5 Å². The minimum Gasteiger partial charge on any atom is -0.347 e. The van der Waals surface area contributed by atoms with Crippen LogP contribution in [0, 0.1) is 5.82 Å². The lowest BCUT2D eigenvalue weighted by Gasteiger charge is -2.12. The highest BCUT2D eigenvalue weighted by molar-refractivity contribution is 7.09. The molecule has 1 aromatic heterocycles. The number of nitrogens with one attached hydrogen (secondary N) is 4. The van der Waals surface area contributed by atoms with E-state index in [0.29, 0.717) is 18.7 Å². The van der Waals surface area contributed by atoms with Crippen molar-refractivity contribution in [1.29, 1.82) is 0 Å². The number of rotatable bonds is 8. The number of benzene rings is 2. The molecule has 33 heavy (non-hydrogen) atoms. The lowest BCUT2D eigenvalue weighted by molar-refractivity contribution is -0.139. The summed E-state index contributed by atoms with van der Waals surface area (Å²) in [5.74, 6) is -3.32. The van der Waals surface area contributed by atoms with Crippen molar-refractivity contribution in [3.8, 4) is 0 Å². The summed E-state index contributed by atoms with van der Waals surface area (Å²) in [5.41, 5.74) is 0.782. The zero-order valence-corrected chi connectivity index (χ0v) is 18.2. The summed E-state index contributed by atoms with van der Waals surface area (Å²) in [7, 11) is 0. The van der Waals surface area contributed by atoms with Gasteiger partial charge >= 0.3 is 11.8 Å². The van der Waals surface area contributed by atoms with Crippen molar-refractivity contribution in [3.63, 3.8) is 0 Å². The number of amides is 4. The molecule has 0 radical (unpaired) electrons. The topological polar surface area (TPSA) is 116 Å². The van der Waals surface area contributed by atoms with E-state index < -0.39 is 36.0 Å². The highest BCUT2D eigenvalue weighted by Gasteiger charge is 2.16. The quantitative estimate of drug-likeness (QED) is 0.380. The van der Waals surface area contributed by atoms with E-state index in [0.717, 1.165) is 4.88 Å². The van der Waals surface area contributed by atoms with Crippen LogP contribution < -0.4 is 21.3 Å². The monoisotopic (exact) mass is 468 g/mol. The van der Waals surface area contributed by atoms with Crippen LogP contribution in [0.1, 0.15) is 15.2 Å². The third-order valence-electron chi connectivity index (χ3n) is 4.40. The molecule has 0 bridgehead atoms. The van der Waals surface area contributed by atoms with E-state index in [1.165, 1.54) is 36.4 Å². The molecule has 1 heterocycles. The second-order valence-electron chi connectivity index (χ2n) is 6.82. The molecule has 0 saturated heterocycles. The first-order chi connectivity index (χ1) is 15.9. The molecule has 3 rings (SSSR count). The molecule has 10 heteroatoms. The van der Waals surface area contributed by atoms with Crippen molar-refractivity contribution < 1.29 is 23.6 Å². The molecule has 0 saturated carbocycles. The van der Waals surface area contributed by atoms with Gasteiger partial charge in [-0.1, -0.05) is 18.2 Å². The number of anilines is 2. The van der Waals surface area contributed by atoms with E-state index in [1.54, 1.807) is 23.5 Å². The Morgan fingerprint density at radius 2 is 1.55 bits per heavy atom. The lowest BCUT2D eigenvalue weighted by Crippen LogP contribution is -2.43. The third-order valence-corrected chi connectivity index (χ3v) is 5.34. The third kappa shape index (κ3) is 7.25. The van der Waals surface area contributed by atoms with Crippen LogP contribution in [-0.4, -0.2) is 36.7 Å². The molecule has 0 fully saturated rings. The van der Waals surface area contributed by atoms with Crippen LogP contribution in [0.25, 0.3) is 0 Å². The first kappa shape index (κ1) is 23.6. The molecule has 2 aromatic carbocycles. The highest BCUT2D eigenvalue weighted by Crippen LogP contribution is 2.17. The van der Waals surface area contributed by atoms with Crippen LogP contribution in [-0.2, 0) is 20.8 Å². The molecule has 4 amide bonds. The second-order valence-corrected chi connectivity index (χ2v) is 7.85. The van der Waals surface area contributed by atoms with Gasteiger partial charge in [0.25, 0.3) is 5.91 Å². The van der Waals surface area contributed by atoms with E-state index in [4.69, 9.17) is 0 Å². The molecule has 0 atom stereocenters. The Hall–Kier alpha value is -4.05. The molecule has 0 aliphatic carbocycles. The number of carbonyl (C=O) groups excluding carboxylic acids is 4. The van der Waals surface area contributed by atoms with Gasteiger partial charge in [0, 0.05) is 17.1 Å². The van der Waals surface area contributed by atoms with E-state index >= 15 is 0 Å². The average molecular weight is 469 g/mol. The summed E-state index contributed by atoms with van der Waals surface area (Å²) in [6.45, 7) is -0.152. The molecular formula is C23H21FN4O4S. The molecule has 0 spiro atoms. The summed E-state index contributed by atoms with van der Waals surface area (Å²) in [5, 5.41) is 11.8. The standard InChI is InChI=1S/C23H21FN4O4S/c24-15-7-9-16(10-8-15)27-21(30)18-5-1-2-6-19(18)28-20(29)14-26-23(32)22(31)25-12-11-17-4-3-13-33-17/h1-10,13H,11-12,14H2,(H,25,31)(H,26,32)(H,27,30)(H,28,29). The largest absolute Gasteiger partial charge is 0.347 e. The Bertz CT molecular complexity index is 1130. The van der Waals surface area contributed by atoms with Crippen molar-refractivity contribution in [2.24, 2.45) is 0 Å². The highest BCUT2D eigenvalue weighted by atomic mass is 32.1. The molecule has 8 nitrogen and oxygen atoms in total. The maximum atomic E-state index is 13.0. The van der Waals surface area contributed by atoms with Gasteiger partial charge in [-0.05, 0) is 54.3 Å². The van der Waals surface area contributed by atoms with Crippen molar-refractivity contribution in [1.82, 2.24) is 10.6 Å². The van der Waals surface area contributed by atoms with Gasteiger partial charge in [0.2, 0.25) is 5.91 Å². The summed E-state index contributed by atoms with van der Waals surface area (Å²) in [4.78, 5) is 49.7. The first-order valence-electron chi connectivity index (χ1n) is 9.96. The Balaban J connectivity index is 1.48. The van der Waals surface area contributed by atoms with Gasteiger partial charge in [0.15, 0.2) is 0 Å². The van der Waals surface area contributed by atoms with Gasteiger partial charge in [0.05, 0.1) is 17.8 Å². The van der Waals surface area contributed by atoms with Crippen molar-refractivity contribution in [2.45, 2.75) is 6.42 Å². The van der Waals surface area contributed by atoms with Crippen LogP contribution in [0.2, 0.25) is 0 Å². The SMILES string of the molecule is O=C(CNC(=O)C(=O)NCCc1cccs1)Nc1ccccc1C(=O)Nc1ccc(F)cc1. The van der Waals surface area contributed by atoms with Crippen LogP contribution in [0.3, 0.4) is 0 Å². The summed E-state index contributed by atoms with van der Waals surface area (Å²) in [6.07, 6.45) is 0.605. The first-order valence-corrected chi connectivity index (χ1v) is 10.8. The lowest BCUT2D eigenvalue weighted by atomic mass is 10.1. The van der Waals surface area contributed by atoms with Crippen LogP contribution >= 0.6 is 11.3 Å². The predicted molar refractivity (Wildman–Crippen MR) is 123 cm³/mol. The van der Waals surface area contributed by atoms with Crippen molar-refractivity contribution >= 4 is 46.3 Å². The zero-order chi connectivity index (χ0) is 23.6. The molecule has 170 valence electrons. The van der Waals surface area contributed by atoms with E-state index in [2.05, 4.69) is 21.3 Å². The smallest absolute Gasteiger partial charge is 0.309 e. The van der Waals surface area contributed by atoms with Crippen molar-refractivity contribution in [3.05, 3.63) is 82.3 Å². The maximum Gasteiger partial charge on any atom is 0.309 e. The second kappa shape index (κ2) is 11.5. The predicted octanol–water partition coefficient (Wildman–Crippen LogP) is 2.55. The van der Waals surface area contributed by atoms with Crippen molar-refractivity contribution in [2.75, 3.05) is 23.7 Å². The Labute approximate surface area is 193 Å². The fraction of sp³-hybridized carbons (Fsp3) is 0.130. The number of halogens is 1. The number of thiophene rings is 1. The Morgan fingerprint density at radius 3 is 2.27 bits per heavy atom. The molecule has 3 aromatic rings. The van der Waals surface area contributed by atoms with Gasteiger partial charge in [-0.3, -0.25) is 19.2 Å². The Morgan fingerprint density at radius 1 is 0.818 bits per heavy atom. The maximum absolute atomic E-state index is 13.0. The summed E-state index contributed by atoms with van der Waals surface area (Å²) >= 11 is 1.55. The number of carbonyl (C=O) groups is 4. The van der Waals surface area contributed by atoms with Crippen LogP contribution in [0.4, 0.5) is 15.8 Å². The zero-order valence-electron chi connectivity index (χ0n) is 17.4. The molecular weight excluding hydrogens is 447 g/mol. The van der Waals surface area contributed by atoms with Gasteiger partial charge < -0.3 is 21.3 Å². The van der Waals surface area contributed by atoms with Crippen LogP contribution in [0.5, 0.6) is 0 Å². The molecule has 4 N–H and O–H groups in total. The molecule has 0 aliphatic heterocycles. The normalized spacial score (nSPS) is 10.2. The summed E-state index contributed by atoms with van der Waals surface area (Å²) < 4.78 is 13.0. The average Bonchev–Trinajstić information content (AvgIpc) is 3.32. The van der Waals surface area contributed by atoms with Gasteiger partial charge in [-0.2, -0.15) is 0 Å². The minimum absolute atomic E-state index is 0.174. The number of para-hydroxylation sites is 1. The fourth-order valence-electron chi connectivity index (χ4n) is 2.79. The van der Waals surface area contributed by atoms with Gasteiger partial charge in [0.1, 0.15) is 5.82 Å². The fourth-order valence-corrected chi connectivity index (χ4v) is 3.50. The minimum atomic E-state index is -0.932. The van der Waals surface area contributed by atoms with Crippen LogP contribution in [0.15, 0.2) is 66.0 Å². The molecule has 0 aliphatic rings. The number of hydrogen-bond donors (Lipinski definition) is 4. The van der Waals surface area contributed by atoms with E-state index in [9.17, 15) is 23.6 Å².